The molecule has 0 fully saturated rings. The average molecular weight is 422 g/mol. The van der Waals surface area contributed by atoms with Gasteiger partial charge in [-0.25, -0.2) is 4.98 Å². The summed E-state index contributed by atoms with van der Waals surface area (Å²) < 4.78 is 0. The number of benzene rings is 2. The summed E-state index contributed by atoms with van der Waals surface area (Å²) in [6.45, 7) is 9.40. The molecule has 0 unspecified atom stereocenters. The normalized spacial score (nSPS) is 11.4. The van der Waals surface area contributed by atoms with Crippen LogP contribution in [0.2, 0.25) is 5.28 Å². The van der Waals surface area contributed by atoms with E-state index in [0.29, 0.717) is 5.28 Å². The highest BCUT2D eigenvalue weighted by Crippen LogP contribution is 2.43. The minimum absolute atomic E-state index is 0.260. The van der Waals surface area contributed by atoms with Gasteiger partial charge in [0.2, 0.25) is 5.28 Å². The molecule has 5 heteroatoms. The second kappa shape index (κ2) is 8.13. The van der Waals surface area contributed by atoms with Crippen molar-refractivity contribution in [3.05, 3.63) is 75.9 Å². The molecule has 148 valence electrons. The van der Waals surface area contributed by atoms with Gasteiger partial charge in [0, 0.05) is 23.0 Å². The maximum absolute atomic E-state index is 6.36. The largest absolute Gasteiger partial charge is 0.349 e. The van der Waals surface area contributed by atoms with Gasteiger partial charge in [0.25, 0.3) is 0 Å². The van der Waals surface area contributed by atoms with Crippen LogP contribution >= 0.6 is 22.9 Å². The third-order valence-electron chi connectivity index (χ3n) is 5.11. The maximum Gasteiger partial charge on any atom is 0.225 e. The Labute approximate surface area is 181 Å². The highest BCUT2D eigenvalue weighted by Gasteiger charge is 2.23. The van der Waals surface area contributed by atoms with Crippen LogP contribution in [0, 0.1) is 13.8 Å². The summed E-state index contributed by atoms with van der Waals surface area (Å²) in [6.07, 6.45) is 0. The van der Waals surface area contributed by atoms with Gasteiger partial charge in [0.1, 0.15) is 10.6 Å². The Morgan fingerprint density at radius 1 is 0.966 bits per heavy atom. The Morgan fingerprint density at radius 3 is 2.31 bits per heavy atom. The number of hydrogen-bond acceptors (Lipinski definition) is 4. The van der Waals surface area contributed by atoms with E-state index in [-0.39, 0.29) is 6.04 Å². The molecule has 3 nitrogen and oxygen atoms in total. The Balaban J connectivity index is 1.93. The van der Waals surface area contributed by atoms with E-state index in [9.17, 15) is 0 Å². The Morgan fingerprint density at radius 2 is 1.66 bits per heavy atom. The third-order valence-corrected chi connectivity index (χ3v) is 6.28. The molecule has 0 saturated heterocycles. The first-order valence-corrected chi connectivity index (χ1v) is 11.0. The SMILES string of the molecule is Cc1ccc(-c2c(C)sc3nc(Cl)nc(N(Cc4ccccc4)C(C)C)c23)cc1. The lowest BCUT2D eigenvalue weighted by Crippen LogP contribution is -2.31. The molecule has 0 bridgehead atoms. The van der Waals surface area contributed by atoms with Crippen LogP contribution in [0.25, 0.3) is 21.3 Å². The van der Waals surface area contributed by atoms with Gasteiger partial charge in [-0.2, -0.15) is 4.98 Å². The summed E-state index contributed by atoms with van der Waals surface area (Å²) in [5, 5.41) is 1.38. The van der Waals surface area contributed by atoms with Crippen LogP contribution in [0.1, 0.15) is 29.9 Å². The smallest absolute Gasteiger partial charge is 0.225 e. The molecule has 0 aliphatic carbocycles. The molecule has 4 aromatic rings. The average Bonchev–Trinajstić information content (AvgIpc) is 3.02. The number of aryl methyl sites for hydroxylation is 2. The van der Waals surface area contributed by atoms with Gasteiger partial charge >= 0.3 is 0 Å². The number of anilines is 1. The van der Waals surface area contributed by atoms with Gasteiger partial charge in [-0.3, -0.25) is 0 Å². The van der Waals surface area contributed by atoms with E-state index in [1.54, 1.807) is 11.3 Å². The first kappa shape index (κ1) is 19.9. The molecular formula is C24H24ClN3S. The Kier molecular flexibility index (Phi) is 5.57. The fourth-order valence-electron chi connectivity index (χ4n) is 3.63. The van der Waals surface area contributed by atoms with Gasteiger partial charge in [-0.1, -0.05) is 60.2 Å². The van der Waals surface area contributed by atoms with Crippen molar-refractivity contribution in [1.82, 2.24) is 9.97 Å². The number of thiophene rings is 1. The molecule has 2 aromatic heterocycles. The monoisotopic (exact) mass is 421 g/mol. The van der Waals surface area contributed by atoms with Crippen molar-refractivity contribution in [3.8, 4) is 11.1 Å². The molecule has 0 spiro atoms. The van der Waals surface area contributed by atoms with Crippen molar-refractivity contribution >= 4 is 39.0 Å². The predicted octanol–water partition coefficient (Wildman–Crippen LogP) is 7.04. The molecule has 0 radical (unpaired) electrons. The van der Waals surface area contributed by atoms with Crippen LogP contribution < -0.4 is 4.90 Å². The first-order valence-electron chi connectivity index (χ1n) is 9.78. The van der Waals surface area contributed by atoms with Crippen molar-refractivity contribution < 1.29 is 0 Å². The van der Waals surface area contributed by atoms with Crippen molar-refractivity contribution in [2.75, 3.05) is 4.90 Å². The molecule has 0 aliphatic heterocycles. The van der Waals surface area contributed by atoms with Gasteiger partial charge in [0.15, 0.2) is 0 Å². The lowest BCUT2D eigenvalue weighted by Gasteiger charge is -2.29. The van der Waals surface area contributed by atoms with Crippen LogP contribution in [0.5, 0.6) is 0 Å². The fourth-order valence-corrected chi connectivity index (χ4v) is 4.88. The summed E-state index contributed by atoms with van der Waals surface area (Å²) in [4.78, 5) is 13.8. The lowest BCUT2D eigenvalue weighted by atomic mass is 10.0. The second-order valence-corrected chi connectivity index (χ2v) is 9.14. The standard InChI is InChI=1S/C24H24ClN3S/c1-15(2)28(14-18-8-6-5-7-9-18)22-21-20(19-12-10-16(3)11-13-19)17(4)29-23(21)27-24(25)26-22/h5-13,15H,14H2,1-4H3. The highest BCUT2D eigenvalue weighted by atomic mass is 35.5. The van der Waals surface area contributed by atoms with Crippen molar-refractivity contribution in [2.24, 2.45) is 0 Å². The van der Waals surface area contributed by atoms with E-state index in [2.05, 4.69) is 86.1 Å². The van der Waals surface area contributed by atoms with Crippen LogP contribution in [-0.4, -0.2) is 16.0 Å². The predicted molar refractivity (Wildman–Crippen MR) is 125 cm³/mol. The summed E-state index contributed by atoms with van der Waals surface area (Å²) in [5.74, 6) is 0.902. The molecule has 0 atom stereocenters. The number of nitrogens with zero attached hydrogens (tertiary/aromatic N) is 3. The summed E-state index contributed by atoms with van der Waals surface area (Å²) >= 11 is 8.04. The van der Waals surface area contributed by atoms with Crippen LogP contribution in [0.4, 0.5) is 5.82 Å². The van der Waals surface area contributed by atoms with Crippen molar-refractivity contribution in [1.29, 1.82) is 0 Å². The van der Waals surface area contributed by atoms with Gasteiger partial charge < -0.3 is 4.90 Å². The number of aromatic nitrogens is 2. The van der Waals surface area contributed by atoms with Crippen LogP contribution in [0.3, 0.4) is 0 Å². The van der Waals surface area contributed by atoms with E-state index in [4.69, 9.17) is 16.6 Å². The molecule has 0 saturated carbocycles. The van der Waals surface area contributed by atoms with E-state index in [0.717, 1.165) is 22.6 Å². The quantitative estimate of drug-likeness (QED) is 0.323. The molecule has 0 amide bonds. The third kappa shape index (κ3) is 4.00. The minimum Gasteiger partial charge on any atom is -0.349 e. The lowest BCUT2D eigenvalue weighted by molar-refractivity contribution is 0.675. The summed E-state index contributed by atoms with van der Waals surface area (Å²) in [6, 6.07) is 19.4. The molecule has 4 rings (SSSR count). The first-order chi connectivity index (χ1) is 13.9. The number of hydrogen-bond donors (Lipinski definition) is 0. The number of fused-ring (bicyclic) bond motifs is 1. The van der Waals surface area contributed by atoms with Gasteiger partial charge in [-0.15, -0.1) is 11.3 Å². The second-order valence-electron chi connectivity index (χ2n) is 7.60. The summed E-state index contributed by atoms with van der Waals surface area (Å²) in [7, 11) is 0. The van der Waals surface area contributed by atoms with Crippen LogP contribution in [-0.2, 0) is 6.54 Å². The number of rotatable bonds is 5. The Hall–Kier alpha value is -2.43. The zero-order chi connectivity index (χ0) is 20.5. The summed E-state index contributed by atoms with van der Waals surface area (Å²) in [5.41, 5.74) is 4.89. The molecule has 29 heavy (non-hydrogen) atoms. The fraction of sp³-hybridized carbons (Fsp3) is 0.250. The number of halogens is 1. The zero-order valence-corrected chi connectivity index (χ0v) is 18.7. The topological polar surface area (TPSA) is 29.0 Å². The molecular weight excluding hydrogens is 398 g/mol. The molecule has 2 heterocycles. The molecule has 0 aliphatic rings. The minimum atomic E-state index is 0.260. The highest BCUT2D eigenvalue weighted by molar-refractivity contribution is 7.19. The molecule has 0 N–H and O–H groups in total. The van der Waals surface area contributed by atoms with Crippen molar-refractivity contribution in [2.45, 2.75) is 40.3 Å². The van der Waals surface area contributed by atoms with Gasteiger partial charge in [0.05, 0.1) is 5.39 Å². The van der Waals surface area contributed by atoms with E-state index < -0.39 is 0 Å². The maximum atomic E-state index is 6.36. The van der Waals surface area contributed by atoms with E-state index >= 15 is 0 Å². The zero-order valence-electron chi connectivity index (χ0n) is 17.1. The Bertz CT molecular complexity index is 1130. The van der Waals surface area contributed by atoms with Crippen LogP contribution in [0.15, 0.2) is 54.6 Å². The van der Waals surface area contributed by atoms with E-state index in [1.807, 2.05) is 6.07 Å². The van der Waals surface area contributed by atoms with E-state index in [1.165, 1.54) is 27.1 Å². The molecule has 2 aromatic carbocycles. The van der Waals surface area contributed by atoms with Gasteiger partial charge in [-0.05, 0) is 50.4 Å². The van der Waals surface area contributed by atoms with Crippen molar-refractivity contribution in [3.63, 3.8) is 0 Å².